The molecule has 1 rings (SSSR count). The summed E-state index contributed by atoms with van der Waals surface area (Å²) in [5.41, 5.74) is 5.64. The third kappa shape index (κ3) is 2.37. The lowest BCUT2D eigenvalue weighted by Gasteiger charge is -2.30. The molecule has 0 aromatic carbocycles. The molecule has 0 amide bonds. The predicted octanol–water partition coefficient (Wildman–Crippen LogP) is 1.84. The van der Waals surface area contributed by atoms with Crippen LogP contribution in [0.4, 0.5) is 0 Å². The molecule has 0 saturated carbocycles. The van der Waals surface area contributed by atoms with Gasteiger partial charge in [0.15, 0.2) is 6.23 Å². The molecule has 1 aliphatic heterocycles. The first kappa shape index (κ1) is 10.4. The first-order valence-corrected chi connectivity index (χ1v) is 4.81. The van der Waals surface area contributed by atoms with E-state index in [0.29, 0.717) is 18.4 Å². The molecule has 13 heavy (non-hydrogen) atoms. The smallest absolute Gasteiger partial charge is 0.181 e. The van der Waals surface area contributed by atoms with Crippen LogP contribution in [-0.2, 0) is 9.47 Å². The first-order chi connectivity index (χ1) is 6.02. The number of nitrogens with two attached hydrogens (primary N) is 1. The van der Waals surface area contributed by atoms with E-state index >= 15 is 0 Å². The van der Waals surface area contributed by atoms with Gasteiger partial charge in [0.1, 0.15) is 18.1 Å². The van der Waals surface area contributed by atoms with Crippen molar-refractivity contribution < 1.29 is 9.47 Å². The minimum Gasteiger partial charge on any atom is -0.489 e. The highest BCUT2D eigenvalue weighted by Crippen LogP contribution is 2.27. The molecule has 3 heteroatoms. The van der Waals surface area contributed by atoms with Crippen LogP contribution in [0.5, 0.6) is 0 Å². The van der Waals surface area contributed by atoms with E-state index in [9.17, 15) is 0 Å². The second-order valence-corrected chi connectivity index (χ2v) is 4.01. The first-order valence-electron chi connectivity index (χ1n) is 4.81. The summed E-state index contributed by atoms with van der Waals surface area (Å²) in [7, 11) is 0. The summed E-state index contributed by atoms with van der Waals surface area (Å²) >= 11 is 0. The van der Waals surface area contributed by atoms with E-state index in [-0.39, 0.29) is 6.23 Å². The summed E-state index contributed by atoms with van der Waals surface area (Å²) in [6, 6.07) is 0. The Hall–Kier alpha value is -0.700. The quantitative estimate of drug-likeness (QED) is 0.714. The van der Waals surface area contributed by atoms with E-state index in [1.165, 1.54) is 0 Å². The van der Waals surface area contributed by atoms with Gasteiger partial charge in [-0.3, -0.25) is 5.73 Å². The molecule has 0 fully saturated rings. The van der Waals surface area contributed by atoms with Gasteiger partial charge in [0.05, 0.1) is 0 Å². The number of allylic oxidation sites excluding steroid dienone is 2. The molecular weight excluding hydrogens is 166 g/mol. The zero-order chi connectivity index (χ0) is 10.0. The number of hydrogen-bond acceptors (Lipinski definition) is 3. The van der Waals surface area contributed by atoms with Crippen LogP contribution in [0.1, 0.15) is 27.7 Å². The van der Waals surface area contributed by atoms with Gasteiger partial charge in [-0.05, 0) is 0 Å². The third-order valence-electron chi connectivity index (χ3n) is 1.97. The van der Waals surface area contributed by atoms with E-state index in [1.54, 1.807) is 0 Å². The molecule has 1 atom stereocenters. The lowest BCUT2D eigenvalue weighted by molar-refractivity contribution is -0.0205. The van der Waals surface area contributed by atoms with Gasteiger partial charge in [-0.25, -0.2) is 0 Å². The van der Waals surface area contributed by atoms with Crippen molar-refractivity contribution in [3.8, 4) is 0 Å². The zero-order valence-electron chi connectivity index (χ0n) is 8.83. The Bertz CT molecular complexity index is 209. The summed E-state index contributed by atoms with van der Waals surface area (Å²) in [5, 5.41) is 0. The van der Waals surface area contributed by atoms with Crippen molar-refractivity contribution in [2.24, 2.45) is 17.6 Å². The second-order valence-electron chi connectivity index (χ2n) is 4.01. The van der Waals surface area contributed by atoms with Crippen molar-refractivity contribution in [2.75, 3.05) is 6.61 Å². The Morgan fingerprint density at radius 3 is 2.15 bits per heavy atom. The minimum absolute atomic E-state index is 0.306. The lowest BCUT2D eigenvalue weighted by atomic mass is 10.0. The summed E-state index contributed by atoms with van der Waals surface area (Å²) < 4.78 is 11.1. The summed E-state index contributed by atoms with van der Waals surface area (Å²) in [4.78, 5) is 0. The zero-order valence-corrected chi connectivity index (χ0v) is 8.83. The van der Waals surface area contributed by atoms with Crippen LogP contribution in [0, 0.1) is 11.8 Å². The monoisotopic (exact) mass is 185 g/mol. The van der Waals surface area contributed by atoms with E-state index in [0.717, 1.165) is 11.5 Å². The Morgan fingerprint density at radius 2 is 1.69 bits per heavy atom. The topological polar surface area (TPSA) is 44.5 Å². The van der Waals surface area contributed by atoms with Gasteiger partial charge in [-0.1, -0.05) is 27.7 Å². The molecule has 1 aliphatic rings. The largest absolute Gasteiger partial charge is 0.489 e. The van der Waals surface area contributed by atoms with E-state index in [1.807, 2.05) is 0 Å². The maximum absolute atomic E-state index is 5.64. The van der Waals surface area contributed by atoms with Gasteiger partial charge in [0.2, 0.25) is 0 Å². The van der Waals surface area contributed by atoms with Crippen LogP contribution >= 0.6 is 0 Å². The Morgan fingerprint density at radius 1 is 1.15 bits per heavy atom. The molecule has 1 heterocycles. The van der Waals surface area contributed by atoms with Gasteiger partial charge in [0, 0.05) is 11.8 Å². The molecule has 0 bridgehead atoms. The highest BCUT2D eigenvalue weighted by Gasteiger charge is 2.24. The van der Waals surface area contributed by atoms with Crippen LogP contribution < -0.4 is 5.73 Å². The van der Waals surface area contributed by atoms with E-state index < -0.39 is 0 Å². The van der Waals surface area contributed by atoms with Gasteiger partial charge in [-0.15, -0.1) is 0 Å². The predicted molar refractivity (Wildman–Crippen MR) is 51.7 cm³/mol. The molecule has 0 aromatic rings. The molecule has 2 N–H and O–H groups in total. The number of ether oxygens (including phenoxy) is 2. The molecule has 0 aromatic heterocycles. The second kappa shape index (κ2) is 4.01. The van der Waals surface area contributed by atoms with Crippen molar-refractivity contribution in [1.82, 2.24) is 0 Å². The summed E-state index contributed by atoms with van der Waals surface area (Å²) in [6.07, 6.45) is -0.306. The Kier molecular flexibility index (Phi) is 3.20. The van der Waals surface area contributed by atoms with Gasteiger partial charge in [0.25, 0.3) is 0 Å². The normalized spacial score (nSPS) is 23.5. The molecule has 0 radical (unpaired) electrons. The van der Waals surface area contributed by atoms with Crippen LogP contribution in [0.25, 0.3) is 0 Å². The van der Waals surface area contributed by atoms with Crippen molar-refractivity contribution in [3.05, 3.63) is 11.5 Å². The fourth-order valence-electron chi connectivity index (χ4n) is 1.37. The van der Waals surface area contributed by atoms with Gasteiger partial charge in [-0.2, -0.15) is 0 Å². The highest BCUT2D eigenvalue weighted by molar-refractivity contribution is 5.08. The fraction of sp³-hybridized carbons (Fsp3) is 0.800. The molecule has 3 nitrogen and oxygen atoms in total. The van der Waals surface area contributed by atoms with Crippen molar-refractivity contribution >= 4 is 0 Å². The fourth-order valence-corrected chi connectivity index (χ4v) is 1.37. The number of hydrogen-bond donors (Lipinski definition) is 1. The maximum atomic E-state index is 5.64. The van der Waals surface area contributed by atoms with Gasteiger partial charge < -0.3 is 9.47 Å². The van der Waals surface area contributed by atoms with Crippen molar-refractivity contribution in [1.29, 1.82) is 0 Å². The SMILES string of the molecule is CC(C)C1=C(C(C)C)OC(N)CO1. The van der Waals surface area contributed by atoms with Crippen molar-refractivity contribution in [2.45, 2.75) is 33.9 Å². The third-order valence-corrected chi connectivity index (χ3v) is 1.97. The van der Waals surface area contributed by atoms with E-state index in [4.69, 9.17) is 15.2 Å². The lowest BCUT2D eigenvalue weighted by Crippen LogP contribution is -2.35. The highest BCUT2D eigenvalue weighted by atomic mass is 16.6. The van der Waals surface area contributed by atoms with Crippen LogP contribution in [0.3, 0.4) is 0 Å². The minimum atomic E-state index is -0.306. The summed E-state index contributed by atoms with van der Waals surface area (Å²) in [5.74, 6) is 2.57. The molecule has 0 spiro atoms. The van der Waals surface area contributed by atoms with Gasteiger partial charge >= 0.3 is 0 Å². The van der Waals surface area contributed by atoms with Crippen LogP contribution in [0.15, 0.2) is 11.5 Å². The Balaban J connectivity index is 2.87. The average molecular weight is 185 g/mol. The molecule has 0 saturated heterocycles. The molecule has 0 aliphatic carbocycles. The molecule has 76 valence electrons. The average Bonchev–Trinajstić information content (AvgIpc) is 2.03. The van der Waals surface area contributed by atoms with Crippen LogP contribution in [0.2, 0.25) is 0 Å². The standard InChI is InChI=1S/C10H19NO2/c1-6(2)9-10(7(3)4)13-8(11)5-12-9/h6-8H,5,11H2,1-4H3. The molecule has 1 unspecified atom stereocenters. The summed E-state index contributed by atoms with van der Waals surface area (Å²) in [6.45, 7) is 8.82. The molecular formula is C10H19NO2. The maximum Gasteiger partial charge on any atom is 0.181 e. The van der Waals surface area contributed by atoms with E-state index in [2.05, 4.69) is 27.7 Å². The van der Waals surface area contributed by atoms with Crippen LogP contribution in [-0.4, -0.2) is 12.8 Å². The van der Waals surface area contributed by atoms with Crippen molar-refractivity contribution in [3.63, 3.8) is 0 Å². The number of rotatable bonds is 2. The Labute approximate surface area is 79.9 Å².